The summed E-state index contributed by atoms with van der Waals surface area (Å²) >= 11 is 0. The first-order valence-electron chi connectivity index (χ1n) is 10.3. The van der Waals surface area contributed by atoms with Gasteiger partial charge in [0.1, 0.15) is 0 Å². The monoisotopic (exact) mass is 397 g/mol. The van der Waals surface area contributed by atoms with Crippen LogP contribution in [-0.4, -0.2) is 22.4 Å². The van der Waals surface area contributed by atoms with Crippen LogP contribution < -0.4 is 9.64 Å². The van der Waals surface area contributed by atoms with Crippen LogP contribution in [0.3, 0.4) is 0 Å². The average Bonchev–Trinajstić information content (AvgIpc) is 2.74. The second-order valence-electron chi connectivity index (χ2n) is 7.27. The van der Waals surface area contributed by atoms with Gasteiger partial charge in [-0.15, -0.1) is 0 Å². The van der Waals surface area contributed by atoms with Gasteiger partial charge in [-0.2, -0.15) is 0 Å². The number of fused-ring (bicyclic) bond motifs is 1. The Morgan fingerprint density at radius 1 is 1.03 bits per heavy atom. The highest BCUT2D eigenvalue weighted by molar-refractivity contribution is 5.99. The van der Waals surface area contributed by atoms with Crippen molar-refractivity contribution in [2.24, 2.45) is 0 Å². The van der Waals surface area contributed by atoms with Gasteiger partial charge in [0.25, 0.3) is 11.7 Å². The molecule has 2 aromatic rings. The molecule has 7 heteroatoms. The van der Waals surface area contributed by atoms with Crippen molar-refractivity contribution >= 4 is 17.5 Å². The van der Waals surface area contributed by atoms with Gasteiger partial charge in [0.05, 0.1) is 0 Å². The third-order valence-corrected chi connectivity index (χ3v) is 5.09. The van der Waals surface area contributed by atoms with Gasteiger partial charge in [-0.3, -0.25) is 9.69 Å². The highest BCUT2D eigenvalue weighted by atomic mass is 16.6. The first kappa shape index (κ1) is 20.8. The topological polar surface area (TPSA) is 85.6 Å². The SMILES string of the molecule is CCCCCCCCCN1C(=O)C(c2ccccc2)Oc2ccc([N+](=O)[O-])nc21. The number of carbonyl (C=O) groups excluding carboxylic acids is 1. The summed E-state index contributed by atoms with van der Waals surface area (Å²) in [6.45, 7) is 2.66. The predicted molar refractivity (Wildman–Crippen MR) is 111 cm³/mol. The molecule has 154 valence electrons. The Hall–Kier alpha value is -2.96. The molecule has 1 amide bonds. The van der Waals surface area contributed by atoms with E-state index < -0.39 is 11.0 Å². The molecule has 1 aliphatic heterocycles. The minimum Gasteiger partial charge on any atom is -0.469 e. The fourth-order valence-electron chi connectivity index (χ4n) is 3.52. The molecule has 0 radical (unpaired) electrons. The Morgan fingerprint density at radius 3 is 2.41 bits per heavy atom. The molecule has 29 heavy (non-hydrogen) atoms. The average molecular weight is 397 g/mol. The number of benzene rings is 1. The van der Waals surface area contributed by atoms with Crippen LogP contribution in [0.25, 0.3) is 0 Å². The zero-order chi connectivity index (χ0) is 20.6. The first-order valence-corrected chi connectivity index (χ1v) is 10.3. The third kappa shape index (κ3) is 5.10. The van der Waals surface area contributed by atoms with Crippen LogP contribution in [-0.2, 0) is 4.79 Å². The first-order chi connectivity index (χ1) is 14.1. The lowest BCUT2D eigenvalue weighted by atomic mass is 10.1. The van der Waals surface area contributed by atoms with Gasteiger partial charge in [-0.1, -0.05) is 75.8 Å². The van der Waals surface area contributed by atoms with E-state index in [4.69, 9.17) is 4.74 Å². The molecule has 1 unspecified atom stereocenters. The number of carbonyl (C=O) groups is 1. The number of hydrogen-bond acceptors (Lipinski definition) is 5. The summed E-state index contributed by atoms with van der Waals surface area (Å²) in [4.78, 5) is 29.4. The number of ether oxygens (including phenoxy) is 1. The minimum atomic E-state index is -0.767. The quantitative estimate of drug-likeness (QED) is 0.312. The van der Waals surface area contributed by atoms with Crippen molar-refractivity contribution in [3.05, 3.63) is 58.1 Å². The molecular weight excluding hydrogens is 370 g/mol. The molecule has 0 fully saturated rings. The Balaban J connectivity index is 1.77. The lowest BCUT2D eigenvalue weighted by Crippen LogP contribution is -2.42. The summed E-state index contributed by atoms with van der Waals surface area (Å²) in [5, 5.41) is 11.1. The molecule has 1 aromatic carbocycles. The van der Waals surface area contributed by atoms with Crippen molar-refractivity contribution < 1.29 is 14.5 Å². The number of rotatable bonds is 10. The molecule has 0 saturated heterocycles. The summed E-state index contributed by atoms with van der Waals surface area (Å²) in [5.74, 6) is 0.111. The second-order valence-corrected chi connectivity index (χ2v) is 7.27. The minimum absolute atomic E-state index is 0.234. The van der Waals surface area contributed by atoms with E-state index in [9.17, 15) is 14.9 Å². The highest BCUT2D eigenvalue weighted by Gasteiger charge is 2.39. The van der Waals surface area contributed by atoms with E-state index in [1.54, 1.807) is 4.90 Å². The van der Waals surface area contributed by atoms with E-state index in [1.807, 2.05) is 30.3 Å². The van der Waals surface area contributed by atoms with Gasteiger partial charge in [-0.25, -0.2) is 0 Å². The van der Waals surface area contributed by atoms with Gasteiger partial charge in [0.2, 0.25) is 6.10 Å². The maximum Gasteiger partial charge on any atom is 0.366 e. The van der Waals surface area contributed by atoms with Gasteiger partial charge in [0, 0.05) is 18.2 Å². The van der Waals surface area contributed by atoms with Crippen molar-refractivity contribution in [2.45, 2.75) is 58.0 Å². The van der Waals surface area contributed by atoms with Crippen molar-refractivity contribution in [1.82, 2.24) is 4.98 Å². The van der Waals surface area contributed by atoms with Crippen molar-refractivity contribution in [3.8, 4) is 5.75 Å². The second kappa shape index (κ2) is 10.0. The summed E-state index contributed by atoms with van der Waals surface area (Å²) in [7, 11) is 0. The molecule has 1 atom stereocenters. The van der Waals surface area contributed by atoms with Gasteiger partial charge >= 0.3 is 5.82 Å². The number of nitrogens with zero attached hydrogens (tertiary/aromatic N) is 3. The van der Waals surface area contributed by atoms with Crippen LogP contribution in [0.5, 0.6) is 5.75 Å². The van der Waals surface area contributed by atoms with Crippen LogP contribution in [0.15, 0.2) is 42.5 Å². The fraction of sp³-hybridized carbons (Fsp3) is 0.455. The van der Waals surface area contributed by atoms with E-state index in [0.29, 0.717) is 12.3 Å². The zero-order valence-corrected chi connectivity index (χ0v) is 16.8. The summed E-state index contributed by atoms with van der Waals surface area (Å²) in [5.41, 5.74) is 0.756. The molecule has 0 N–H and O–H groups in total. The van der Waals surface area contributed by atoms with Gasteiger partial charge in [0.15, 0.2) is 5.75 Å². The van der Waals surface area contributed by atoms with E-state index in [2.05, 4.69) is 11.9 Å². The smallest absolute Gasteiger partial charge is 0.366 e. The summed E-state index contributed by atoms with van der Waals surface area (Å²) in [6, 6.07) is 12.1. The maximum absolute atomic E-state index is 13.2. The number of unbranched alkanes of at least 4 members (excludes halogenated alkanes) is 6. The summed E-state index contributed by atoms with van der Waals surface area (Å²) in [6.07, 6.45) is 7.08. The zero-order valence-electron chi connectivity index (χ0n) is 16.8. The van der Waals surface area contributed by atoms with Crippen LogP contribution in [0.4, 0.5) is 11.6 Å². The predicted octanol–water partition coefficient (Wildman–Crippen LogP) is 5.21. The lowest BCUT2D eigenvalue weighted by molar-refractivity contribution is -0.389. The van der Waals surface area contributed by atoms with E-state index >= 15 is 0 Å². The Morgan fingerprint density at radius 2 is 1.72 bits per heavy atom. The largest absolute Gasteiger partial charge is 0.469 e. The van der Waals surface area contributed by atoms with Crippen molar-refractivity contribution in [1.29, 1.82) is 0 Å². The molecule has 0 aliphatic carbocycles. The molecule has 1 aliphatic rings. The summed E-state index contributed by atoms with van der Waals surface area (Å²) < 4.78 is 5.89. The molecule has 7 nitrogen and oxygen atoms in total. The van der Waals surface area contributed by atoms with E-state index in [1.165, 1.54) is 37.8 Å². The third-order valence-electron chi connectivity index (χ3n) is 5.09. The van der Waals surface area contributed by atoms with E-state index in [0.717, 1.165) is 24.8 Å². The number of nitro groups is 1. The Labute approximate surface area is 170 Å². The molecule has 1 aromatic heterocycles. The molecule has 0 saturated carbocycles. The highest BCUT2D eigenvalue weighted by Crippen LogP contribution is 2.38. The Kier molecular flexibility index (Phi) is 7.16. The number of aromatic nitrogens is 1. The molecular formula is C22H27N3O4. The van der Waals surface area contributed by atoms with Crippen LogP contribution in [0.1, 0.15) is 63.5 Å². The number of pyridine rings is 1. The van der Waals surface area contributed by atoms with Crippen molar-refractivity contribution in [2.75, 3.05) is 11.4 Å². The number of anilines is 1. The van der Waals surface area contributed by atoms with Gasteiger partial charge < -0.3 is 14.9 Å². The maximum atomic E-state index is 13.2. The number of amides is 1. The standard InChI is InChI=1S/C22H27N3O4/c1-2-3-4-5-6-7-11-16-24-21-18(14-15-19(23-21)25(27)28)29-20(22(24)26)17-12-9-8-10-13-17/h8-10,12-15,20H,2-7,11,16H2,1H3. The molecule has 3 rings (SSSR count). The molecule has 0 bridgehead atoms. The molecule has 2 heterocycles. The normalized spacial score (nSPS) is 15.7. The van der Waals surface area contributed by atoms with Gasteiger partial charge in [-0.05, 0) is 22.4 Å². The van der Waals surface area contributed by atoms with Crippen molar-refractivity contribution in [3.63, 3.8) is 0 Å². The Bertz CT molecular complexity index is 841. The van der Waals surface area contributed by atoms with Crippen LogP contribution in [0, 0.1) is 10.1 Å². The number of hydrogen-bond donors (Lipinski definition) is 0. The van der Waals surface area contributed by atoms with E-state index in [-0.39, 0.29) is 17.5 Å². The molecule has 0 spiro atoms. The lowest BCUT2D eigenvalue weighted by Gasteiger charge is -2.31. The van der Waals surface area contributed by atoms with Crippen LogP contribution in [0.2, 0.25) is 0 Å². The fourth-order valence-corrected chi connectivity index (χ4v) is 3.52. The van der Waals surface area contributed by atoms with Crippen LogP contribution >= 0.6 is 0 Å².